The highest BCUT2D eigenvalue weighted by atomic mass is 31.1. The Morgan fingerprint density at radius 3 is 1.62 bits per heavy atom. The van der Waals surface area contributed by atoms with Crippen molar-refractivity contribution in [3.63, 3.8) is 0 Å². The maximum Gasteiger partial charge on any atom is 0.131 e. The maximum atomic E-state index is 10.6. The zero-order valence-electron chi connectivity index (χ0n) is 12.7. The van der Waals surface area contributed by atoms with Gasteiger partial charge in [0.25, 0.3) is 0 Å². The van der Waals surface area contributed by atoms with Crippen molar-refractivity contribution in [3.8, 4) is 5.75 Å². The molecule has 0 heterocycles. The Balaban J connectivity index is 2.51. The zero-order chi connectivity index (χ0) is 15.0. The highest BCUT2D eigenvalue weighted by Gasteiger charge is 2.21. The van der Waals surface area contributed by atoms with Crippen molar-refractivity contribution < 1.29 is 5.11 Å². The summed E-state index contributed by atoms with van der Waals surface area (Å²) in [6.45, 7) is 6.86. The Morgan fingerprint density at radius 2 is 1.24 bits per heavy atom. The van der Waals surface area contributed by atoms with Crippen LogP contribution in [0, 0.1) is 5.92 Å². The summed E-state index contributed by atoms with van der Waals surface area (Å²) in [4.78, 5) is 0. The maximum absolute atomic E-state index is 10.6. The summed E-state index contributed by atoms with van der Waals surface area (Å²) >= 11 is 0. The molecule has 2 unspecified atom stereocenters. The topological polar surface area (TPSA) is 20.2 Å². The first-order valence-corrected chi connectivity index (χ1v) is 9.02. The molecule has 0 fully saturated rings. The number of hydrogen-bond acceptors (Lipinski definition) is 1. The van der Waals surface area contributed by atoms with Crippen LogP contribution in [-0.4, -0.2) is 11.8 Å². The number of phenolic OH excluding ortho intramolecular Hbond substituents is 1. The smallest absolute Gasteiger partial charge is 0.131 e. The first-order chi connectivity index (χ1) is 10.1. The third-order valence-corrected chi connectivity index (χ3v) is 5.81. The van der Waals surface area contributed by atoms with Gasteiger partial charge in [0.2, 0.25) is 0 Å². The van der Waals surface area contributed by atoms with Gasteiger partial charge in [0.05, 0.1) is 0 Å². The third kappa shape index (κ3) is 2.30. The first kappa shape index (κ1) is 14.4. The summed E-state index contributed by atoms with van der Waals surface area (Å²) < 4.78 is 0. The van der Waals surface area contributed by atoms with Crippen molar-refractivity contribution >= 4 is 30.1 Å². The number of hydrogen-bond donors (Lipinski definition) is 1. The van der Waals surface area contributed by atoms with E-state index in [1.165, 1.54) is 16.3 Å². The van der Waals surface area contributed by atoms with Gasteiger partial charge in [-0.05, 0) is 28.9 Å². The molecule has 0 aliphatic rings. The van der Waals surface area contributed by atoms with Gasteiger partial charge in [-0.15, -0.1) is 8.58 Å². The third-order valence-electron chi connectivity index (χ3n) is 4.23. The van der Waals surface area contributed by atoms with Gasteiger partial charge in [-0.25, -0.2) is 0 Å². The van der Waals surface area contributed by atoms with Crippen LogP contribution in [0.25, 0.3) is 21.5 Å². The predicted octanol–water partition coefficient (Wildman–Crippen LogP) is 5.70. The lowest BCUT2D eigenvalue weighted by atomic mass is 9.90. The molecule has 3 aromatic carbocycles. The van der Waals surface area contributed by atoms with E-state index in [9.17, 15) is 5.11 Å². The molecule has 1 nitrogen and oxygen atoms in total. The van der Waals surface area contributed by atoms with Crippen molar-refractivity contribution in [2.75, 3.05) is 6.66 Å². The van der Waals surface area contributed by atoms with E-state index in [2.05, 4.69) is 44.8 Å². The molecule has 0 aliphatic carbocycles. The number of aromatic hydroxyl groups is 1. The first-order valence-electron chi connectivity index (χ1n) is 7.44. The van der Waals surface area contributed by atoms with Gasteiger partial charge < -0.3 is 5.11 Å². The van der Waals surface area contributed by atoms with Crippen molar-refractivity contribution in [2.45, 2.75) is 19.5 Å². The molecule has 108 valence electrons. The molecule has 0 bridgehead atoms. The highest BCUT2D eigenvalue weighted by Crippen LogP contribution is 2.47. The molecular formula is C19H21OP. The number of benzene rings is 3. The fourth-order valence-electron chi connectivity index (χ4n) is 3.29. The molecule has 2 heteroatoms. The minimum Gasteiger partial charge on any atom is -0.507 e. The van der Waals surface area contributed by atoms with Crippen LogP contribution in [0.1, 0.15) is 25.1 Å². The van der Waals surface area contributed by atoms with Crippen molar-refractivity contribution in [1.82, 2.24) is 0 Å². The van der Waals surface area contributed by atoms with E-state index < -0.39 is 0 Å². The minimum atomic E-state index is 0.409. The van der Waals surface area contributed by atoms with Gasteiger partial charge in [-0.3, -0.25) is 0 Å². The standard InChI is InChI=1S/C19H21OP/c1-12(2)19(21-3)17-13-8-4-6-10-15(13)18(20)16-11-7-5-9-14(16)17/h4-12,19-21H,1-3H3. The second kappa shape index (κ2) is 5.66. The van der Waals surface area contributed by atoms with Crippen LogP contribution >= 0.6 is 8.58 Å². The lowest BCUT2D eigenvalue weighted by Crippen LogP contribution is -2.03. The molecule has 3 rings (SSSR count). The van der Waals surface area contributed by atoms with E-state index in [4.69, 9.17) is 0 Å². The minimum absolute atomic E-state index is 0.409. The summed E-state index contributed by atoms with van der Waals surface area (Å²) in [5.74, 6) is 0.997. The number of rotatable bonds is 3. The van der Waals surface area contributed by atoms with Crippen molar-refractivity contribution in [3.05, 3.63) is 54.1 Å². The molecule has 0 saturated heterocycles. The number of phenols is 1. The molecule has 0 aromatic heterocycles. The van der Waals surface area contributed by atoms with E-state index >= 15 is 0 Å². The Kier molecular flexibility index (Phi) is 3.87. The second-order valence-electron chi connectivity index (χ2n) is 5.86. The monoisotopic (exact) mass is 296 g/mol. The SMILES string of the molecule is CPC(c1c2ccccc2c(O)c2ccccc12)C(C)C. The van der Waals surface area contributed by atoms with Crippen LogP contribution in [0.4, 0.5) is 0 Å². The average Bonchev–Trinajstić information content (AvgIpc) is 2.51. The van der Waals surface area contributed by atoms with Gasteiger partial charge in [0.15, 0.2) is 0 Å². The van der Waals surface area contributed by atoms with Crippen LogP contribution in [0.5, 0.6) is 5.75 Å². The van der Waals surface area contributed by atoms with Gasteiger partial charge in [-0.2, -0.15) is 0 Å². The van der Waals surface area contributed by atoms with Crippen molar-refractivity contribution in [1.29, 1.82) is 0 Å². The summed E-state index contributed by atoms with van der Waals surface area (Å²) in [5, 5.41) is 15.0. The van der Waals surface area contributed by atoms with Crippen LogP contribution in [0.2, 0.25) is 0 Å². The van der Waals surface area contributed by atoms with Gasteiger partial charge in [0.1, 0.15) is 5.75 Å². The molecule has 0 saturated carbocycles. The van der Waals surface area contributed by atoms with E-state index in [0.717, 1.165) is 19.4 Å². The van der Waals surface area contributed by atoms with Gasteiger partial charge in [0, 0.05) is 16.4 Å². The van der Waals surface area contributed by atoms with Crippen LogP contribution < -0.4 is 0 Å². The lowest BCUT2D eigenvalue weighted by molar-refractivity contribution is 0.487. The normalized spacial score (nSPS) is 13.7. The quantitative estimate of drug-likeness (QED) is 0.485. The van der Waals surface area contributed by atoms with E-state index in [0.29, 0.717) is 17.3 Å². The van der Waals surface area contributed by atoms with Crippen molar-refractivity contribution in [2.24, 2.45) is 5.92 Å². The lowest BCUT2D eigenvalue weighted by Gasteiger charge is -2.24. The van der Waals surface area contributed by atoms with Gasteiger partial charge >= 0.3 is 0 Å². The fourth-order valence-corrected chi connectivity index (χ4v) is 4.55. The summed E-state index contributed by atoms with van der Waals surface area (Å²) in [7, 11) is 0.848. The molecule has 21 heavy (non-hydrogen) atoms. The van der Waals surface area contributed by atoms with Gasteiger partial charge in [-0.1, -0.05) is 62.4 Å². The van der Waals surface area contributed by atoms with E-state index in [1.807, 2.05) is 24.3 Å². The Morgan fingerprint density at radius 1 is 0.810 bits per heavy atom. The van der Waals surface area contributed by atoms with E-state index in [-0.39, 0.29) is 0 Å². The number of fused-ring (bicyclic) bond motifs is 2. The zero-order valence-corrected chi connectivity index (χ0v) is 13.7. The van der Waals surface area contributed by atoms with Crippen LogP contribution in [0.15, 0.2) is 48.5 Å². The van der Waals surface area contributed by atoms with E-state index in [1.54, 1.807) is 0 Å². The Bertz CT molecular complexity index is 735. The molecular weight excluding hydrogens is 275 g/mol. The largest absolute Gasteiger partial charge is 0.507 e. The molecule has 0 aliphatic heterocycles. The second-order valence-corrected chi connectivity index (χ2v) is 7.06. The fraction of sp³-hybridized carbons (Fsp3) is 0.263. The highest BCUT2D eigenvalue weighted by molar-refractivity contribution is 7.37. The molecule has 1 N–H and O–H groups in total. The summed E-state index contributed by atoms with van der Waals surface area (Å²) in [6, 6.07) is 16.5. The molecule has 0 radical (unpaired) electrons. The molecule has 3 aromatic rings. The Labute approximate surface area is 127 Å². The summed E-state index contributed by atoms with van der Waals surface area (Å²) in [5.41, 5.74) is 1.93. The predicted molar refractivity (Wildman–Crippen MR) is 94.9 cm³/mol. The molecule has 0 spiro atoms. The average molecular weight is 296 g/mol. The molecule has 0 amide bonds. The summed E-state index contributed by atoms with van der Waals surface area (Å²) in [6.07, 6.45) is 0. The van der Waals surface area contributed by atoms with Crippen LogP contribution in [0.3, 0.4) is 0 Å². The Hall–Kier alpha value is -1.59. The van der Waals surface area contributed by atoms with Crippen LogP contribution in [-0.2, 0) is 0 Å². The molecule has 2 atom stereocenters.